The summed E-state index contributed by atoms with van der Waals surface area (Å²) in [6, 6.07) is 11.3. The molecular weight excluding hydrogens is 342 g/mol. The van der Waals surface area contributed by atoms with Crippen molar-refractivity contribution in [2.24, 2.45) is 0 Å². The lowest BCUT2D eigenvalue weighted by Gasteiger charge is -2.33. The van der Waals surface area contributed by atoms with Crippen molar-refractivity contribution in [3.05, 3.63) is 53.7 Å². The molecule has 6 heteroatoms. The molecule has 3 heterocycles. The smallest absolute Gasteiger partial charge is 0.313 e. The number of methoxy groups -OCH3 is 1. The molecule has 27 heavy (non-hydrogen) atoms. The van der Waals surface area contributed by atoms with E-state index in [4.69, 9.17) is 4.74 Å². The maximum Gasteiger partial charge on any atom is 0.313 e. The third kappa shape index (κ3) is 3.27. The van der Waals surface area contributed by atoms with Gasteiger partial charge < -0.3 is 14.5 Å². The summed E-state index contributed by atoms with van der Waals surface area (Å²) >= 11 is 0. The second-order valence-electron chi connectivity index (χ2n) is 6.98. The number of pyridine rings is 1. The van der Waals surface area contributed by atoms with Gasteiger partial charge in [0.05, 0.1) is 18.6 Å². The Hall–Kier alpha value is -2.89. The molecule has 6 nitrogen and oxygen atoms in total. The topological polar surface area (TPSA) is 62.7 Å². The number of benzene rings is 1. The maximum atomic E-state index is 13.1. The van der Waals surface area contributed by atoms with E-state index in [0.717, 1.165) is 30.2 Å². The third-order valence-corrected chi connectivity index (χ3v) is 5.40. The molecule has 1 amide bonds. The van der Waals surface area contributed by atoms with Crippen LogP contribution in [-0.2, 0) is 9.53 Å². The van der Waals surface area contributed by atoms with Crippen molar-refractivity contribution >= 4 is 23.4 Å². The van der Waals surface area contributed by atoms with E-state index < -0.39 is 0 Å². The van der Waals surface area contributed by atoms with Crippen LogP contribution in [0.2, 0.25) is 0 Å². The van der Waals surface area contributed by atoms with Crippen molar-refractivity contribution in [1.82, 2.24) is 4.98 Å². The number of carbonyl (C=O) groups is 2. The Kier molecular flexibility index (Phi) is 4.79. The SMILES string of the molecule is COC(=O)[C@@H]1CCN(C(=O)c2ccc(N3CCCC3)nc2)c2ccccc21. The van der Waals surface area contributed by atoms with Crippen LogP contribution in [0.15, 0.2) is 42.6 Å². The lowest BCUT2D eigenvalue weighted by Crippen LogP contribution is -2.38. The highest BCUT2D eigenvalue weighted by Crippen LogP contribution is 2.36. The molecule has 140 valence electrons. The van der Waals surface area contributed by atoms with Crippen LogP contribution in [0.25, 0.3) is 0 Å². The summed E-state index contributed by atoms with van der Waals surface area (Å²) < 4.78 is 4.93. The number of ether oxygens (including phenoxy) is 1. The predicted octanol–water partition coefficient (Wildman–Crippen LogP) is 2.99. The monoisotopic (exact) mass is 365 g/mol. The summed E-state index contributed by atoms with van der Waals surface area (Å²) in [5.74, 6) is 0.247. The molecule has 2 aliphatic rings. The molecule has 1 aromatic heterocycles. The van der Waals surface area contributed by atoms with Gasteiger partial charge in [-0.2, -0.15) is 0 Å². The third-order valence-electron chi connectivity index (χ3n) is 5.40. The minimum Gasteiger partial charge on any atom is -0.469 e. The molecule has 2 aromatic rings. The van der Waals surface area contributed by atoms with Crippen LogP contribution in [0, 0.1) is 0 Å². The second-order valence-corrected chi connectivity index (χ2v) is 6.98. The summed E-state index contributed by atoms with van der Waals surface area (Å²) in [6.45, 7) is 2.52. The number of hydrogen-bond donors (Lipinski definition) is 0. The van der Waals surface area contributed by atoms with Crippen LogP contribution in [0.1, 0.15) is 41.1 Å². The zero-order valence-corrected chi connectivity index (χ0v) is 15.4. The average molecular weight is 365 g/mol. The van der Waals surface area contributed by atoms with E-state index in [2.05, 4.69) is 9.88 Å². The zero-order chi connectivity index (χ0) is 18.8. The van der Waals surface area contributed by atoms with E-state index in [0.29, 0.717) is 18.5 Å². The fourth-order valence-electron chi connectivity index (χ4n) is 3.96. The zero-order valence-electron chi connectivity index (χ0n) is 15.4. The number of hydrogen-bond acceptors (Lipinski definition) is 5. The molecule has 1 fully saturated rings. The molecule has 1 aromatic carbocycles. The van der Waals surface area contributed by atoms with Gasteiger partial charge in [-0.3, -0.25) is 9.59 Å². The van der Waals surface area contributed by atoms with Gasteiger partial charge in [0.25, 0.3) is 5.91 Å². The molecule has 4 rings (SSSR count). The van der Waals surface area contributed by atoms with Crippen LogP contribution < -0.4 is 9.80 Å². The van der Waals surface area contributed by atoms with E-state index in [9.17, 15) is 9.59 Å². The lowest BCUT2D eigenvalue weighted by molar-refractivity contribution is -0.142. The van der Waals surface area contributed by atoms with Crippen molar-refractivity contribution in [1.29, 1.82) is 0 Å². The summed E-state index contributed by atoms with van der Waals surface area (Å²) in [6.07, 6.45) is 4.59. The molecule has 0 radical (unpaired) electrons. The van der Waals surface area contributed by atoms with Gasteiger partial charge in [0.15, 0.2) is 0 Å². The first-order valence-electron chi connectivity index (χ1n) is 9.38. The van der Waals surface area contributed by atoms with Crippen LogP contribution in [0.5, 0.6) is 0 Å². The molecule has 0 bridgehead atoms. The van der Waals surface area contributed by atoms with Crippen LogP contribution in [0.4, 0.5) is 11.5 Å². The molecule has 0 spiro atoms. The molecule has 1 atom stereocenters. The van der Waals surface area contributed by atoms with Gasteiger partial charge in [0, 0.05) is 31.5 Å². The largest absolute Gasteiger partial charge is 0.469 e. The van der Waals surface area contributed by atoms with E-state index in [1.165, 1.54) is 20.0 Å². The first kappa shape index (κ1) is 17.5. The number of para-hydroxylation sites is 1. The second kappa shape index (κ2) is 7.39. The number of rotatable bonds is 3. The molecule has 0 aliphatic carbocycles. The average Bonchev–Trinajstić information content (AvgIpc) is 3.27. The molecule has 0 N–H and O–H groups in total. The van der Waals surface area contributed by atoms with Crippen LogP contribution >= 0.6 is 0 Å². The summed E-state index contributed by atoms with van der Waals surface area (Å²) in [5, 5.41) is 0. The van der Waals surface area contributed by atoms with E-state index in [1.807, 2.05) is 36.4 Å². The van der Waals surface area contributed by atoms with E-state index in [1.54, 1.807) is 11.1 Å². The predicted molar refractivity (Wildman–Crippen MR) is 103 cm³/mol. The molecule has 2 aliphatic heterocycles. The highest BCUT2D eigenvalue weighted by Gasteiger charge is 2.33. The Morgan fingerprint density at radius 1 is 1.07 bits per heavy atom. The molecular formula is C21H23N3O3. The fraction of sp³-hybridized carbons (Fsp3) is 0.381. The quantitative estimate of drug-likeness (QED) is 0.783. The van der Waals surface area contributed by atoms with E-state index in [-0.39, 0.29) is 17.8 Å². The Morgan fingerprint density at radius 3 is 2.56 bits per heavy atom. The Balaban J connectivity index is 1.59. The summed E-state index contributed by atoms with van der Waals surface area (Å²) in [7, 11) is 1.40. The minimum atomic E-state index is -0.328. The van der Waals surface area contributed by atoms with Gasteiger partial charge in [-0.05, 0) is 43.0 Å². The Morgan fingerprint density at radius 2 is 1.85 bits per heavy atom. The van der Waals surface area contributed by atoms with Gasteiger partial charge in [-0.25, -0.2) is 4.98 Å². The van der Waals surface area contributed by atoms with Crippen molar-refractivity contribution in [3.8, 4) is 0 Å². The van der Waals surface area contributed by atoms with Gasteiger partial charge >= 0.3 is 5.97 Å². The number of anilines is 2. The van der Waals surface area contributed by atoms with Crippen LogP contribution in [-0.4, -0.2) is 43.6 Å². The van der Waals surface area contributed by atoms with Crippen molar-refractivity contribution in [2.45, 2.75) is 25.2 Å². The molecule has 1 saturated heterocycles. The highest BCUT2D eigenvalue weighted by molar-refractivity contribution is 6.07. The number of esters is 1. The lowest BCUT2D eigenvalue weighted by atomic mass is 9.89. The number of nitrogens with zero attached hydrogens (tertiary/aromatic N) is 3. The fourth-order valence-corrected chi connectivity index (χ4v) is 3.96. The highest BCUT2D eigenvalue weighted by atomic mass is 16.5. The summed E-state index contributed by atoms with van der Waals surface area (Å²) in [4.78, 5) is 33.7. The van der Waals surface area contributed by atoms with Gasteiger partial charge in [0.1, 0.15) is 5.82 Å². The number of aromatic nitrogens is 1. The number of fused-ring (bicyclic) bond motifs is 1. The number of amides is 1. The van der Waals surface area contributed by atoms with Gasteiger partial charge in [-0.1, -0.05) is 18.2 Å². The first-order chi connectivity index (χ1) is 13.2. The maximum absolute atomic E-state index is 13.1. The van der Waals surface area contributed by atoms with Crippen molar-refractivity contribution < 1.29 is 14.3 Å². The van der Waals surface area contributed by atoms with Crippen molar-refractivity contribution in [3.63, 3.8) is 0 Å². The normalized spacial score (nSPS) is 18.9. The molecule has 0 unspecified atom stereocenters. The minimum absolute atomic E-state index is 0.0914. The van der Waals surface area contributed by atoms with Crippen molar-refractivity contribution in [2.75, 3.05) is 36.5 Å². The molecule has 0 saturated carbocycles. The van der Waals surface area contributed by atoms with Gasteiger partial charge in [0.2, 0.25) is 0 Å². The van der Waals surface area contributed by atoms with Gasteiger partial charge in [-0.15, -0.1) is 0 Å². The number of carbonyl (C=O) groups excluding carboxylic acids is 2. The Bertz CT molecular complexity index is 844. The standard InChI is InChI=1S/C21H23N3O3/c1-27-21(26)17-10-13-24(18-7-3-2-6-16(17)18)20(25)15-8-9-19(22-14-15)23-11-4-5-12-23/h2-3,6-9,14,17H,4-5,10-13H2,1H3/t17-/m1/s1. The van der Waals surface area contributed by atoms with Crippen LogP contribution in [0.3, 0.4) is 0 Å². The Labute approximate surface area is 158 Å². The first-order valence-corrected chi connectivity index (χ1v) is 9.38. The summed E-state index contributed by atoms with van der Waals surface area (Å²) in [5.41, 5.74) is 2.17. The van der Waals surface area contributed by atoms with E-state index >= 15 is 0 Å².